The fraction of sp³-hybridized carbons (Fsp3) is 0.632. The maximum Gasteiger partial charge on any atom is 0.316 e. The van der Waals surface area contributed by atoms with Crippen molar-refractivity contribution >= 4 is 39.3 Å². The Morgan fingerprint density at radius 1 is 1.44 bits per heavy atom. The lowest BCUT2D eigenvalue weighted by Gasteiger charge is -2.18. The molecular formula is C19H24N2O4S2. The number of aryl methyl sites for hydroxylation is 1. The van der Waals surface area contributed by atoms with Gasteiger partial charge < -0.3 is 9.47 Å². The van der Waals surface area contributed by atoms with Gasteiger partial charge in [-0.1, -0.05) is 18.7 Å². The van der Waals surface area contributed by atoms with Gasteiger partial charge in [0.1, 0.15) is 4.83 Å². The van der Waals surface area contributed by atoms with E-state index in [1.54, 1.807) is 15.9 Å². The van der Waals surface area contributed by atoms with Crippen molar-refractivity contribution in [2.45, 2.75) is 56.8 Å². The molecule has 0 spiro atoms. The Hall–Kier alpha value is -1.38. The first-order valence-electron chi connectivity index (χ1n) is 9.43. The normalized spacial score (nSPS) is 22.1. The predicted molar refractivity (Wildman–Crippen MR) is 107 cm³/mol. The largest absolute Gasteiger partial charge is 0.468 e. The molecule has 6 nitrogen and oxygen atoms in total. The molecule has 1 aliphatic heterocycles. The fourth-order valence-electron chi connectivity index (χ4n) is 3.85. The lowest BCUT2D eigenvalue weighted by molar-refractivity contribution is -0.137. The number of methoxy groups -OCH3 is 1. The molecule has 27 heavy (non-hydrogen) atoms. The number of fused-ring (bicyclic) bond motifs is 3. The molecule has 2 atom stereocenters. The molecule has 1 fully saturated rings. The molecule has 2 aliphatic rings. The highest BCUT2D eigenvalue weighted by molar-refractivity contribution is 7.99. The zero-order valence-electron chi connectivity index (χ0n) is 15.7. The van der Waals surface area contributed by atoms with E-state index in [0.717, 1.165) is 48.9 Å². The lowest BCUT2D eigenvalue weighted by Crippen LogP contribution is -2.29. The van der Waals surface area contributed by atoms with Crippen LogP contribution in [0.5, 0.6) is 0 Å². The summed E-state index contributed by atoms with van der Waals surface area (Å²) in [7, 11) is 1.37. The van der Waals surface area contributed by atoms with Crippen LogP contribution in [0.25, 0.3) is 10.2 Å². The Balaban J connectivity index is 1.78. The molecular weight excluding hydrogens is 384 g/mol. The van der Waals surface area contributed by atoms with Gasteiger partial charge in [-0.3, -0.25) is 14.2 Å². The van der Waals surface area contributed by atoms with Gasteiger partial charge in [0.2, 0.25) is 0 Å². The summed E-state index contributed by atoms with van der Waals surface area (Å²) in [6.07, 6.45) is 5.08. The van der Waals surface area contributed by atoms with Crippen molar-refractivity contribution < 1.29 is 14.3 Å². The lowest BCUT2D eigenvalue weighted by atomic mass is 9.89. The maximum atomic E-state index is 13.4. The molecule has 1 saturated heterocycles. The van der Waals surface area contributed by atoms with Crippen molar-refractivity contribution in [3.63, 3.8) is 0 Å². The second-order valence-electron chi connectivity index (χ2n) is 7.34. The summed E-state index contributed by atoms with van der Waals surface area (Å²) < 4.78 is 12.2. The van der Waals surface area contributed by atoms with Crippen molar-refractivity contribution in [3.05, 3.63) is 20.8 Å². The van der Waals surface area contributed by atoms with E-state index in [9.17, 15) is 9.59 Å². The molecule has 1 aliphatic carbocycles. The Labute approximate surface area is 166 Å². The minimum atomic E-state index is -0.322. The Morgan fingerprint density at radius 2 is 2.30 bits per heavy atom. The average Bonchev–Trinajstić information content (AvgIpc) is 3.29. The highest BCUT2D eigenvalue weighted by Gasteiger charge is 2.26. The van der Waals surface area contributed by atoms with E-state index in [0.29, 0.717) is 17.6 Å². The van der Waals surface area contributed by atoms with Crippen LogP contribution in [0, 0.1) is 5.92 Å². The quantitative estimate of drug-likeness (QED) is 0.430. The number of hydrogen-bond donors (Lipinski definition) is 0. The molecule has 0 aromatic carbocycles. The standard InChI is InChI=1S/C19H24N2O4S2/c1-11-5-6-13-14(8-11)27-17-16(13)18(23)21(9-12-4-3-7-25-12)19(20-17)26-10-15(22)24-2/h11-12H,3-10H2,1-2H3/t11-,12+/m1/s1. The first kappa shape index (κ1) is 19.0. The smallest absolute Gasteiger partial charge is 0.316 e. The van der Waals surface area contributed by atoms with Gasteiger partial charge in [0.25, 0.3) is 5.56 Å². The molecule has 0 amide bonds. The minimum absolute atomic E-state index is 0.00918. The highest BCUT2D eigenvalue weighted by atomic mass is 32.2. The SMILES string of the molecule is COC(=O)CSc1nc2sc3c(c2c(=O)n1C[C@@H]1CCCO1)CC[C@@H](C)C3. The molecule has 0 radical (unpaired) electrons. The topological polar surface area (TPSA) is 70.4 Å². The number of hydrogen-bond acceptors (Lipinski definition) is 7. The summed E-state index contributed by atoms with van der Waals surface area (Å²) in [5.74, 6) is 0.465. The van der Waals surface area contributed by atoms with E-state index >= 15 is 0 Å². The Bertz CT molecular complexity index is 915. The van der Waals surface area contributed by atoms with Gasteiger partial charge in [0, 0.05) is 11.5 Å². The number of thiophene rings is 1. The van der Waals surface area contributed by atoms with Crippen molar-refractivity contribution in [3.8, 4) is 0 Å². The van der Waals surface area contributed by atoms with Gasteiger partial charge >= 0.3 is 5.97 Å². The van der Waals surface area contributed by atoms with Gasteiger partial charge in [0.05, 0.1) is 30.9 Å². The summed E-state index contributed by atoms with van der Waals surface area (Å²) in [6, 6.07) is 0. The number of carbonyl (C=O) groups excluding carboxylic acids is 1. The maximum absolute atomic E-state index is 13.4. The van der Waals surface area contributed by atoms with Crippen LogP contribution in [-0.2, 0) is 33.7 Å². The van der Waals surface area contributed by atoms with E-state index < -0.39 is 0 Å². The second-order valence-corrected chi connectivity index (χ2v) is 9.37. The summed E-state index contributed by atoms with van der Waals surface area (Å²) in [6.45, 7) is 3.49. The van der Waals surface area contributed by atoms with Crippen LogP contribution < -0.4 is 5.56 Å². The molecule has 3 heterocycles. The van der Waals surface area contributed by atoms with Crippen LogP contribution in [0.15, 0.2) is 9.95 Å². The third-order valence-electron chi connectivity index (χ3n) is 5.34. The van der Waals surface area contributed by atoms with Gasteiger partial charge in [-0.05, 0) is 43.6 Å². The number of aromatic nitrogens is 2. The van der Waals surface area contributed by atoms with Crippen molar-refractivity contribution in [1.82, 2.24) is 9.55 Å². The average molecular weight is 409 g/mol. The molecule has 2 aromatic heterocycles. The monoisotopic (exact) mass is 408 g/mol. The van der Waals surface area contributed by atoms with Crippen molar-refractivity contribution in [2.24, 2.45) is 5.92 Å². The van der Waals surface area contributed by atoms with E-state index in [1.807, 2.05) is 0 Å². The van der Waals surface area contributed by atoms with Crippen LogP contribution in [0.2, 0.25) is 0 Å². The molecule has 0 saturated carbocycles. The third kappa shape index (κ3) is 3.79. The van der Waals surface area contributed by atoms with Gasteiger partial charge in [-0.15, -0.1) is 11.3 Å². The molecule has 2 aromatic rings. The van der Waals surface area contributed by atoms with E-state index in [1.165, 1.54) is 29.3 Å². The summed E-state index contributed by atoms with van der Waals surface area (Å²) >= 11 is 2.91. The zero-order chi connectivity index (χ0) is 19.0. The van der Waals surface area contributed by atoms with Gasteiger partial charge in [-0.25, -0.2) is 4.98 Å². The molecule has 4 rings (SSSR count). The zero-order valence-corrected chi connectivity index (χ0v) is 17.3. The van der Waals surface area contributed by atoms with Crippen LogP contribution in [0.4, 0.5) is 0 Å². The fourth-order valence-corrected chi connectivity index (χ4v) is 6.12. The van der Waals surface area contributed by atoms with Crippen molar-refractivity contribution in [2.75, 3.05) is 19.5 Å². The van der Waals surface area contributed by atoms with Crippen LogP contribution >= 0.6 is 23.1 Å². The predicted octanol–water partition coefficient (Wildman–Crippen LogP) is 3.03. The summed E-state index contributed by atoms with van der Waals surface area (Å²) in [5, 5.41) is 1.36. The van der Waals surface area contributed by atoms with Gasteiger partial charge in [-0.2, -0.15) is 0 Å². The number of carbonyl (C=O) groups is 1. The number of nitrogens with zero attached hydrogens (tertiary/aromatic N) is 2. The van der Waals surface area contributed by atoms with E-state index in [2.05, 4.69) is 6.92 Å². The van der Waals surface area contributed by atoms with Crippen LogP contribution in [0.3, 0.4) is 0 Å². The van der Waals surface area contributed by atoms with Gasteiger partial charge in [0.15, 0.2) is 5.16 Å². The van der Waals surface area contributed by atoms with Crippen LogP contribution in [-0.4, -0.2) is 41.1 Å². The number of esters is 1. The number of thioether (sulfide) groups is 1. The molecule has 0 unspecified atom stereocenters. The number of ether oxygens (including phenoxy) is 2. The number of rotatable bonds is 5. The first-order chi connectivity index (χ1) is 13.1. The van der Waals surface area contributed by atoms with Crippen molar-refractivity contribution in [1.29, 1.82) is 0 Å². The highest BCUT2D eigenvalue weighted by Crippen LogP contribution is 2.36. The summed E-state index contributed by atoms with van der Waals surface area (Å²) in [5.41, 5.74) is 1.20. The Kier molecular flexibility index (Phi) is 5.57. The third-order valence-corrected chi connectivity index (χ3v) is 7.44. The minimum Gasteiger partial charge on any atom is -0.468 e. The summed E-state index contributed by atoms with van der Waals surface area (Å²) in [4.78, 5) is 31.9. The first-order valence-corrected chi connectivity index (χ1v) is 11.2. The van der Waals surface area contributed by atoms with Crippen LogP contribution in [0.1, 0.15) is 36.6 Å². The molecule has 0 bridgehead atoms. The second kappa shape index (κ2) is 7.93. The molecule has 0 N–H and O–H groups in total. The van der Waals surface area contributed by atoms with E-state index in [4.69, 9.17) is 14.5 Å². The van der Waals surface area contributed by atoms with E-state index in [-0.39, 0.29) is 23.4 Å². The molecule has 146 valence electrons. The Morgan fingerprint density at radius 3 is 3.04 bits per heavy atom. The molecule has 8 heteroatoms.